The molecular weight excluding hydrogens is 352 g/mol. The second-order valence-electron chi connectivity index (χ2n) is 4.01. The van der Waals surface area contributed by atoms with Gasteiger partial charge in [-0.25, -0.2) is 12.7 Å². The second-order valence-corrected chi connectivity index (χ2v) is 6.97. The van der Waals surface area contributed by atoms with Gasteiger partial charge in [0.05, 0.1) is 11.3 Å². The standard InChI is InChI=1S/C11H13BrN2O5S/c1-14(3-2-10(15)16)20(18,19)9-5-7(11(13)17)4-8(12)6-9/h4-6H,2-3H2,1H3,(H2,13,17)(H,15,16). The minimum absolute atomic E-state index is 0.0459. The quantitative estimate of drug-likeness (QED) is 0.767. The van der Waals surface area contributed by atoms with Crippen LogP contribution in [0.1, 0.15) is 16.8 Å². The summed E-state index contributed by atoms with van der Waals surface area (Å²) in [6.45, 7) is -0.171. The van der Waals surface area contributed by atoms with Crippen LogP contribution >= 0.6 is 15.9 Å². The van der Waals surface area contributed by atoms with Gasteiger partial charge in [0, 0.05) is 23.6 Å². The van der Waals surface area contributed by atoms with E-state index in [2.05, 4.69) is 15.9 Å². The zero-order valence-electron chi connectivity index (χ0n) is 10.5. The van der Waals surface area contributed by atoms with E-state index in [9.17, 15) is 18.0 Å². The number of benzene rings is 1. The molecule has 0 aromatic heterocycles. The van der Waals surface area contributed by atoms with Crippen LogP contribution in [0.25, 0.3) is 0 Å². The van der Waals surface area contributed by atoms with Crippen molar-refractivity contribution in [3.63, 3.8) is 0 Å². The fourth-order valence-electron chi connectivity index (χ4n) is 1.41. The molecule has 0 saturated carbocycles. The highest BCUT2D eigenvalue weighted by atomic mass is 79.9. The fourth-order valence-corrected chi connectivity index (χ4v) is 3.30. The lowest BCUT2D eigenvalue weighted by atomic mass is 10.2. The Bertz CT molecular complexity index is 644. The third-order valence-electron chi connectivity index (χ3n) is 2.50. The first-order valence-corrected chi connectivity index (χ1v) is 7.66. The number of primary amides is 1. The molecule has 7 nitrogen and oxygen atoms in total. The number of aliphatic carboxylic acids is 1. The van der Waals surface area contributed by atoms with Gasteiger partial charge in [-0.3, -0.25) is 9.59 Å². The molecule has 1 rings (SSSR count). The number of nitrogens with two attached hydrogens (primary N) is 1. The van der Waals surface area contributed by atoms with Crippen LogP contribution in [0.3, 0.4) is 0 Å². The molecule has 1 aromatic rings. The summed E-state index contributed by atoms with van der Waals surface area (Å²) in [6.07, 6.45) is -0.313. The third-order valence-corrected chi connectivity index (χ3v) is 4.80. The van der Waals surface area contributed by atoms with Gasteiger partial charge in [0.25, 0.3) is 0 Å². The van der Waals surface area contributed by atoms with Crippen LogP contribution in [0, 0.1) is 0 Å². The number of carboxylic acids is 1. The molecule has 0 atom stereocenters. The number of sulfonamides is 1. The minimum atomic E-state index is -3.88. The molecule has 0 unspecified atom stereocenters. The number of carboxylic acid groups (broad SMARTS) is 1. The first-order chi connectivity index (χ1) is 9.14. The Kier molecular flexibility index (Phi) is 5.26. The highest BCUT2D eigenvalue weighted by molar-refractivity contribution is 9.10. The molecule has 0 aliphatic rings. The van der Waals surface area contributed by atoms with Crippen molar-refractivity contribution in [2.24, 2.45) is 5.73 Å². The van der Waals surface area contributed by atoms with E-state index in [0.29, 0.717) is 4.47 Å². The van der Waals surface area contributed by atoms with E-state index in [0.717, 1.165) is 10.4 Å². The molecule has 0 spiro atoms. The lowest BCUT2D eigenvalue weighted by Gasteiger charge is -2.16. The molecule has 1 amide bonds. The molecule has 0 radical (unpaired) electrons. The van der Waals surface area contributed by atoms with Crippen LogP contribution in [-0.2, 0) is 14.8 Å². The topological polar surface area (TPSA) is 118 Å². The van der Waals surface area contributed by atoms with Crippen LogP contribution in [-0.4, -0.2) is 43.3 Å². The average molecular weight is 365 g/mol. The normalized spacial score (nSPS) is 11.6. The molecule has 0 fully saturated rings. The second kappa shape index (κ2) is 6.33. The van der Waals surface area contributed by atoms with E-state index in [1.54, 1.807) is 0 Å². The van der Waals surface area contributed by atoms with Crippen molar-refractivity contribution in [2.45, 2.75) is 11.3 Å². The molecule has 110 valence electrons. The van der Waals surface area contributed by atoms with Crippen molar-refractivity contribution in [1.29, 1.82) is 0 Å². The monoisotopic (exact) mass is 364 g/mol. The number of carbonyl (C=O) groups is 2. The van der Waals surface area contributed by atoms with Crippen LogP contribution in [0.15, 0.2) is 27.6 Å². The van der Waals surface area contributed by atoms with Gasteiger partial charge >= 0.3 is 5.97 Å². The summed E-state index contributed by atoms with van der Waals surface area (Å²) in [5, 5.41) is 8.57. The number of carbonyl (C=O) groups excluding carboxylic acids is 1. The summed E-state index contributed by atoms with van der Waals surface area (Å²) in [5.41, 5.74) is 5.17. The summed E-state index contributed by atoms with van der Waals surface area (Å²) in [6, 6.07) is 3.87. The largest absolute Gasteiger partial charge is 0.481 e. The lowest BCUT2D eigenvalue weighted by molar-refractivity contribution is -0.137. The fraction of sp³-hybridized carbons (Fsp3) is 0.273. The van der Waals surface area contributed by atoms with Crippen LogP contribution in [0.2, 0.25) is 0 Å². The van der Waals surface area contributed by atoms with Crippen LogP contribution in [0.5, 0.6) is 0 Å². The van der Waals surface area contributed by atoms with Gasteiger partial charge in [-0.15, -0.1) is 0 Å². The highest BCUT2D eigenvalue weighted by Gasteiger charge is 2.22. The van der Waals surface area contributed by atoms with E-state index < -0.39 is 21.9 Å². The van der Waals surface area contributed by atoms with Crippen molar-refractivity contribution in [2.75, 3.05) is 13.6 Å². The highest BCUT2D eigenvalue weighted by Crippen LogP contribution is 2.22. The number of hydrogen-bond donors (Lipinski definition) is 2. The molecular formula is C11H13BrN2O5S. The molecule has 3 N–H and O–H groups in total. The molecule has 0 bridgehead atoms. The van der Waals surface area contributed by atoms with Gasteiger partial charge in [0.15, 0.2) is 0 Å². The zero-order valence-corrected chi connectivity index (χ0v) is 12.9. The van der Waals surface area contributed by atoms with Gasteiger partial charge in [-0.05, 0) is 18.2 Å². The first kappa shape index (κ1) is 16.6. The third kappa shape index (κ3) is 4.02. The predicted molar refractivity (Wildman–Crippen MR) is 74.7 cm³/mol. The molecule has 0 aliphatic carbocycles. The van der Waals surface area contributed by atoms with Gasteiger partial charge in [0.1, 0.15) is 0 Å². The number of rotatable bonds is 6. The number of hydrogen-bond acceptors (Lipinski definition) is 4. The maximum absolute atomic E-state index is 12.2. The Morgan fingerprint density at radius 3 is 2.45 bits per heavy atom. The smallest absolute Gasteiger partial charge is 0.304 e. The molecule has 0 saturated heterocycles. The lowest BCUT2D eigenvalue weighted by Crippen LogP contribution is -2.29. The van der Waals surface area contributed by atoms with E-state index in [1.165, 1.54) is 19.2 Å². The zero-order chi connectivity index (χ0) is 15.5. The molecule has 0 aliphatic heterocycles. The SMILES string of the molecule is CN(CCC(=O)O)S(=O)(=O)c1cc(Br)cc(C(N)=O)c1. The van der Waals surface area contributed by atoms with E-state index in [-0.39, 0.29) is 23.4 Å². The van der Waals surface area contributed by atoms with Gasteiger partial charge in [-0.1, -0.05) is 15.9 Å². The summed E-state index contributed by atoms with van der Waals surface area (Å²) in [7, 11) is -2.61. The molecule has 0 heterocycles. The van der Waals surface area contributed by atoms with Gasteiger partial charge in [0.2, 0.25) is 15.9 Å². The van der Waals surface area contributed by atoms with Crippen LogP contribution in [0.4, 0.5) is 0 Å². The average Bonchev–Trinajstić information content (AvgIpc) is 2.34. The van der Waals surface area contributed by atoms with E-state index >= 15 is 0 Å². The van der Waals surface area contributed by atoms with Crippen molar-refractivity contribution in [1.82, 2.24) is 4.31 Å². The summed E-state index contributed by atoms with van der Waals surface area (Å²) >= 11 is 3.10. The van der Waals surface area contributed by atoms with Gasteiger partial charge in [-0.2, -0.15) is 0 Å². The van der Waals surface area contributed by atoms with Crippen molar-refractivity contribution in [3.05, 3.63) is 28.2 Å². The molecule has 20 heavy (non-hydrogen) atoms. The molecule has 1 aromatic carbocycles. The van der Waals surface area contributed by atoms with Crippen molar-refractivity contribution < 1.29 is 23.1 Å². The Balaban J connectivity index is 3.15. The predicted octanol–water partition coefficient (Wildman–Crippen LogP) is 0.643. The summed E-state index contributed by atoms with van der Waals surface area (Å²) < 4.78 is 25.8. The first-order valence-electron chi connectivity index (χ1n) is 5.43. The summed E-state index contributed by atoms with van der Waals surface area (Å²) in [5.74, 6) is -1.85. The molecule has 9 heteroatoms. The number of halogens is 1. The Hall–Kier alpha value is -1.45. The Morgan fingerprint density at radius 1 is 1.35 bits per heavy atom. The minimum Gasteiger partial charge on any atom is -0.481 e. The van der Waals surface area contributed by atoms with Crippen LogP contribution < -0.4 is 5.73 Å². The maximum atomic E-state index is 12.2. The number of nitrogens with zero attached hydrogens (tertiary/aromatic N) is 1. The van der Waals surface area contributed by atoms with Crippen molar-refractivity contribution >= 4 is 37.8 Å². The Morgan fingerprint density at radius 2 is 1.95 bits per heavy atom. The van der Waals surface area contributed by atoms with E-state index in [4.69, 9.17) is 10.8 Å². The summed E-state index contributed by atoms with van der Waals surface area (Å²) in [4.78, 5) is 21.5. The van der Waals surface area contributed by atoms with E-state index in [1.807, 2.05) is 0 Å². The number of amides is 1. The Labute approximate surface area is 124 Å². The van der Waals surface area contributed by atoms with Gasteiger partial charge < -0.3 is 10.8 Å². The van der Waals surface area contributed by atoms with Crippen molar-refractivity contribution in [3.8, 4) is 0 Å². The maximum Gasteiger partial charge on any atom is 0.304 e.